The van der Waals surface area contributed by atoms with Gasteiger partial charge in [-0.05, 0) is 43.3 Å². The summed E-state index contributed by atoms with van der Waals surface area (Å²) in [4.78, 5) is 40.4. The molecule has 0 radical (unpaired) electrons. The predicted molar refractivity (Wildman–Crippen MR) is 122 cm³/mol. The number of carbonyl (C=O) groups is 3. The quantitative estimate of drug-likeness (QED) is 0.600. The normalized spacial score (nSPS) is 13.2. The van der Waals surface area contributed by atoms with E-state index in [2.05, 4.69) is 5.32 Å². The van der Waals surface area contributed by atoms with Crippen molar-refractivity contribution >= 4 is 23.4 Å². The zero-order valence-electron chi connectivity index (χ0n) is 19.2. The Bertz CT molecular complexity index is 1030. The summed E-state index contributed by atoms with van der Waals surface area (Å²) < 4.78 is 29.8. The largest absolute Gasteiger partial charge is 0.490 e. The molecule has 1 N–H and O–H groups in total. The molecule has 1 saturated heterocycles. The minimum absolute atomic E-state index is 0.157. The minimum Gasteiger partial charge on any atom is -0.490 e. The summed E-state index contributed by atoms with van der Waals surface area (Å²) in [6, 6.07) is 10.1. The lowest BCUT2D eigenvalue weighted by atomic mass is 10.1. The van der Waals surface area contributed by atoms with Gasteiger partial charge in [0.2, 0.25) is 5.91 Å². The molecule has 1 aliphatic rings. The van der Waals surface area contributed by atoms with Gasteiger partial charge in [-0.2, -0.15) is 0 Å². The van der Waals surface area contributed by atoms with Crippen LogP contribution in [-0.4, -0.2) is 80.6 Å². The average Bonchev–Trinajstić information content (AvgIpc) is 2.83. The van der Waals surface area contributed by atoms with Crippen molar-refractivity contribution in [1.29, 1.82) is 0 Å². The second-order valence-electron chi connectivity index (χ2n) is 7.60. The maximum Gasteiger partial charge on any atom is 0.260 e. The van der Waals surface area contributed by atoms with Gasteiger partial charge in [-0.25, -0.2) is 4.39 Å². The van der Waals surface area contributed by atoms with Crippen molar-refractivity contribution in [2.45, 2.75) is 6.92 Å². The van der Waals surface area contributed by atoms with E-state index < -0.39 is 17.6 Å². The lowest BCUT2D eigenvalue weighted by molar-refractivity contribution is -0.137. The van der Waals surface area contributed by atoms with Crippen LogP contribution in [0.5, 0.6) is 11.5 Å². The Balaban J connectivity index is 1.61. The number of halogens is 1. The summed E-state index contributed by atoms with van der Waals surface area (Å²) in [5.41, 5.74) is 0.592. The van der Waals surface area contributed by atoms with Crippen LogP contribution in [0.15, 0.2) is 42.5 Å². The fraction of sp³-hybridized carbons (Fsp3) is 0.375. The standard InChI is InChI=1S/C24H28FN3O6/c1-3-33-21-13-17(7-8-20(21)34-16-23(30)28-9-11-32-12-10-28)24(31)27(2)15-22(29)26-19-6-4-5-18(25)14-19/h4-8,13-14H,3,9-12,15-16H2,1-2H3,(H,26,29). The number of hydrogen-bond acceptors (Lipinski definition) is 6. The molecule has 2 aromatic carbocycles. The molecule has 34 heavy (non-hydrogen) atoms. The van der Waals surface area contributed by atoms with Crippen molar-refractivity contribution in [2.24, 2.45) is 0 Å². The molecule has 0 unspecified atom stereocenters. The summed E-state index contributed by atoms with van der Waals surface area (Å²) >= 11 is 0. The lowest BCUT2D eigenvalue weighted by Gasteiger charge is -2.26. The van der Waals surface area contributed by atoms with E-state index in [4.69, 9.17) is 14.2 Å². The molecule has 182 valence electrons. The van der Waals surface area contributed by atoms with Gasteiger partial charge < -0.3 is 29.3 Å². The molecule has 0 spiro atoms. The molecule has 0 atom stereocenters. The minimum atomic E-state index is -0.473. The Kier molecular flexibility index (Phi) is 8.80. The van der Waals surface area contributed by atoms with E-state index in [0.29, 0.717) is 50.1 Å². The van der Waals surface area contributed by atoms with Crippen molar-refractivity contribution in [2.75, 3.05) is 58.4 Å². The lowest BCUT2D eigenvalue weighted by Crippen LogP contribution is -2.43. The van der Waals surface area contributed by atoms with Gasteiger partial charge in [-0.15, -0.1) is 0 Å². The molecule has 0 aromatic heterocycles. The van der Waals surface area contributed by atoms with E-state index in [9.17, 15) is 18.8 Å². The number of benzene rings is 2. The van der Waals surface area contributed by atoms with Gasteiger partial charge in [-0.1, -0.05) is 6.07 Å². The van der Waals surface area contributed by atoms with Gasteiger partial charge in [-0.3, -0.25) is 14.4 Å². The van der Waals surface area contributed by atoms with E-state index in [1.165, 1.54) is 36.2 Å². The number of likely N-dealkylation sites (N-methyl/N-ethyl adjacent to an activating group) is 1. The Morgan fingerprint density at radius 3 is 2.56 bits per heavy atom. The van der Waals surface area contributed by atoms with Crippen molar-refractivity contribution < 1.29 is 33.0 Å². The highest BCUT2D eigenvalue weighted by Crippen LogP contribution is 2.29. The number of rotatable bonds is 9. The fourth-order valence-electron chi connectivity index (χ4n) is 3.35. The highest BCUT2D eigenvalue weighted by Gasteiger charge is 2.20. The number of amides is 3. The SMILES string of the molecule is CCOc1cc(C(=O)N(C)CC(=O)Nc2cccc(F)c2)ccc1OCC(=O)N1CCOCC1. The summed E-state index contributed by atoms with van der Waals surface area (Å²) in [7, 11) is 1.49. The third-order valence-electron chi connectivity index (χ3n) is 5.04. The van der Waals surface area contributed by atoms with Crippen LogP contribution in [0.25, 0.3) is 0 Å². The third kappa shape index (κ3) is 6.92. The molecule has 0 aliphatic carbocycles. The second kappa shape index (κ2) is 12.0. The number of ether oxygens (including phenoxy) is 3. The zero-order chi connectivity index (χ0) is 24.5. The van der Waals surface area contributed by atoms with Gasteiger partial charge in [0.1, 0.15) is 5.82 Å². The van der Waals surface area contributed by atoms with Crippen molar-refractivity contribution in [3.63, 3.8) is 0 Å². The first-order valence-corrected chi connectivity index (χ1v) is 10.9. The van der Waals surface area contributed by atoms with Crippen molar-refractivity contribution in [1.82, 2.24) is 9.80 Å². The van der Waals surface area contributed by atoms with Crippen LogP contribution in [-0.2, 0) is 14.3 Å². The number of hydrogen-bond donors (Lipinski definition) is 1. The number of nitrogens with one attached hydrogen (secondary N) is 1. The third-order valence-corrected chi connectivity index (χ3v) is 5.04. The maximum absolute atomic E-state index is 13.3. The van der Waals surface area contributed by atoms with Crippen LogP contribution in [0.3, 0.4) is 0 Å². The van der Waals surface area contributed by atoms with Crippen LogP contribution < -0.4 is 14.8 Å². The van der Waals surface area contributed by atoms with E-state index in [1.54, 1.807) is 30.0 Å². The summed E-state index contributed by atoms with van der Waals surface area (Å²) in [6.45, 7) is 3.78. The number of nitrogens with zero attached hydrogens (tertiary/aromatic N) is 2. The molecule has 1 aliphatic heterocycles. The Morgan fingerprint density at radius 2 is 1.85 bits per heavy atom. The number of anilines is 1. The summed E-state index contributed by atoms with van der Waals surface area (Å²) in [6.07, 6.45) is 0. The second-order valence-corrected chi connectivity index (χ2v) is 7.60. The van der Waals surface area contributed by atoms with E-state index in [1.807, 2.05) is 0 Å². The monoisotopic (exact) mass is 473 g/mol. The van der Waals surface area contributed by atoms with Gasteiger partial charge in [0.15, 0.2) is 18.1 Å². The Morgan fingerprint density at radius 1 is 1.09 bits per heavy atom. The average molecular weight is 474 g/mol. The van der Waals surface area contributed by atoms with E-state index >= 15 is 0 Å². The van der Waals surface area contributed by atoms with Gasteiger partial charge in [0.25, 0.3) is 11.8 Å². The van der Waals surface area contributed by atoms with Crippen LogP contribution in [0.2, 0.25) is 0 Å². The van der Waals surface area contributed by atoms with Gasteiger partial charge >= 0.3 is 0 Å². The Labute approximate surface area is 197 Å². The number of morpholine rings is 1. The van der Waals surface area contributed by atoms with Crippen LogP contribution in [0.4, 0.5) is 10.1 Å². The molecular weight excluding hydrogens is 445 g/mol. The highest BCUT2D eigenvalue weighted by atomic mass is 19.1. The van der Waals surface area contributed by atoms with Gasteiger partial charge in [0.05, 0.1) is 26.4 Å². The molecule has 1 fully saturated rings. The number of carbonyl (C=O) groups excluding carboxylic acids is 3. The molecule has 10 heteroatoms. The first-order valence-electron chi connectivity index (χ1n) is 10.9. The highest BCUT2D eigenvalue weighted by molar-refractivity contribution is 5.99. The zero-order valence-corrected chi connectivity index (χ0v) is 19.2. The topological polar surface area (TPSA) is 97.4 Å². The predicted octanol–water partition coefficient (Wildman–Crippen LogP) is 2.17. The van der Waals surface area contributed by atoms with Crippen LogP contribution in [0, 0.1) is 5.82 Å². The Hall–Kier alpha value is -3.66. The molecule has 0 saturated carbocycles. The van der Waals surface area contributed by atoms with E-state index in [-0.39, 0.29) is 24.6 Å². The molecule has 9 nitrogen and oxygen atoms in total. The molecule has 3 rings (SSSR count). The summed E-state index contributed by atoms with van der Waals surface area (Å²) in [5, 5.41) is 2.55. The van der Waals surface area contributed by atoms with E-state index in [0.717, 1.165) is 0 Å². The first kappa shape index (κ1) is 25.0. The fourth-order valence-corrected chi connectivity index (χ4v) is 3.35. The van der Waals surface area contributed by atoms with Crippen LogP contribution >= 0.6 is 0 Å². The molecule has 3 amide bonds. The molecule has 0 bridgehead atoms. The maximum atomic E-state index is 13.3. The molecule has 2 aromatic rings. The summed E-state index contributed by atoms with van der Waals surface area (Å²) in [5.74, 6) is -0.846. The smallest absolute Gasteiger partial charge is 0.260 e. The first-order chi connectivity index (χ1) is 16.4. The molecule has 1 heterocycles. The molecular formula is C24H28FN3O6. The van der Waals surface area contributed by atoms with Gasteiger partial charge in [0, 0.05) is 31.4 Å². The van der Waals surface area contributed by atoms with Crippen molar-refractivity contribution in [3.05, 3.63) is 53.8 Å². The van der Waals surface area contributed by atoms with Crippen LogP contribution in [0.1, 0.15) is 17.3 Å². The van der Waals surface area contributed by atoms with Crippen molar-refractivity contribution in [3.8, 4) is 11.5 Å².